The van der Waals surface area contributed by atoms with Crippen LogP contribution in [0.25, 0.3) is 22.3 Å². The highest BCUT2D eigenvalue weighted by molar-refractivity contribution is 7.13. The maximum absolute atomic E-state index is 12.6. The van der Waals surface area contributed by atoms with E-state index in [0.717, 1.165) is 34.8 Å². The number of halogens is 3. The van der Waals surface area contributed by atoms with Crippen LogP contribution in [0.4, 0.5) is 18.9 Å². The predicted molar refractivity (Wildman–Crippen MR) is 127 cm³/mol. The lowest BCUT2D eigenvalue weighted by atomic mass is 10.2. The van der Waals surface area contributed by atoms with Gasteiger partial charge in [0.1, 0.15) is 5.69 Å². The largest absolute Gasteiger partial charge is 0.452 e. The fourth-order valence-electron chi connectivity index (χ4n) is 3.11. The topological polar surface area (TPSA) is 73.2 Å². The van der Waals surface area contributed by atoms with Gasteiger partial charge in [-0.25, -0.2) is 9.48 Å². The van der Waals surface area contributed by atoms with Gasteiger partial charge in [-0.2, -0.15) is 18.3 Å². The van der Waals surface area contributed by atoms with Gasteiger partial charge in [-0.1, -0.05) is 24.3 Å². The second-order valence-corrected chi connectivity index (χ2v) is 8.20. The Morgan fingerprint density at radius 3 is 2.43 bits per heavy atom. The van der Waals surface area contributed by atoms with E-state index in [1.165, 1.54) is 17.4 Å². The van der Waals surface area contributed by atoms with Crippen molar-refractivity contribution in [1.82, 2.24) is 9.78 Å². The number of alkyl halides is 3. The van der Waals surface area contributed by atoms with Crippen LogP contribution in [0.2, 0.25) is 0 Å². The molecule has 0 saturated heterocycles. The molecule has 4 rings (SSSR count). The van der Waals surface area contributed by atoms with E-state index >= 15 is 0 Å². The Labute approximate surface area is 202 Å². The lowest BCUT2D eigenvalue weighted by Crippen LogP contribution is -2.20. The number of amides is 1. The number of benzene rings is 2. The third-order valence-electron chi connectivity index (χ3n) is 4.76. The SMILES string of the molecule is O=C(COC(=O)C=Cc1cn(-c2ccccc2)nc1-c1cccs1)Nc1ccc(C(F)(F)F)cc1. The summed E-state index contributed by atoms with van der Waals surface area (Å²) in [6, 6.07) is 17.3. The van der Waals surface area contributed by atoms with Crippen LogP contribution in [-0.4, -0.2) is 28.3 Å². The first-order chi connectivity index (χ1) is 16.8. The van der Waals surface area contributed by atoms with Gasteiger partial charge < -0.3 is 10.1 Å². The molecule has 35 heavy (non-hydrogen) atoms. The average molecular weight is 497 g/mol. The van der Waals surface area contributed by atoms with Gasteiger partial charge in [-0.05, 0) is 53.9 Å². The Morgan fingerprint density at radius 2 is 1.77 bits per heavy atom. The van der Waals surface area contributed by atoms with Crippen LogP contribution in [0.1, 0.15) is 11.1 Å². The molecule has 0 aliphatic rings. The third-order valence-corrected chi connectivity index (χ3v) is 5.63. The van der Waals surface area contributed by atoms with Crippen LogP contribution in [0.3, 0.4) is 0 Å². The maximum Gasteiger partial charge on any atom is 0.416 e. The molecule has 2 aromatic heterocycles. The molecule has 0 fully saturated rings. The predicted octanol–water partition coefficient (Wildman–Crippen LogP) is 5.81. The summed E-state index contributed by atoms with van der Waals surface area (Å²) in [5.41, 5.74) is 1.55. The summed E-state index contributed by atoms with van der Waals surface area (Å²) in [6.45, 7) is -0.592. The number of carbonyl (C=O) groups is 2. The number of rotatable bonds is 7. The summed E-state index contributed by atoms with van der Waals surface area (Å²) in [5.74, 6) is -1.43. The quantitative estimate of drug-likeness (QED) is 0.258. The average Bonchev–Trinajstić information content (AvgIpc) is 3.52. The minimum atomic E-state index is -4.47. The van der Waals surface area contributed by atoms with Gasteiger partial charge in [0, 0.05) is 23.5 Å². The van der Waals surface area contributed by atoms with Crippen LogP contribution in [0, 0.1) is 0 Å². The molecule has 0 bridgehead atoms. The lowest BCUT2D eigenvalue weighted by molar-refractivity contribution is -0.142. The zero-order chi connectivity index (χ0) is 24.8. The van der Waals surface area contributed by atoms with Crippen molar-refractivity contribution in [1.29, 1.82) is 0 Å². The highest BCUT2D eigenvalue weighted by Crippen LogP contribution is 2.30. The second-order valence-electron chi connectivity index (χ2n) is 7.25. The Hall–Kier alpha value is -4.18. The van der Waals surface area contributed by atoms with E-state index in [1.54, 1.807) is 17.0 Å². The summed E-state index contributed by atoms with van der Waals surface area (Å²) in [4.78, 5) is 25.1. The number of thiophene rings is 1. The molecule has 4 aromatic rings. The van der Waals surface area contributed by atoms with Crippen molar-refractivity contribution >= 4 is 35.0 Å². The second kappa shape index (κ2) is 10.4. The van der Waals surface area contributed by atoms with E-state index in [0.29, 0.717) is 11.3 Å². The fraction of sp³-hybridized carbons (Fsp3) is 0.0800. The molecule has 1 amide bonds. The molecule has 0 saturated carbocycles. The van der Waals surface area contributed by atoms with Crippen molar-refractivity contribution in [2.24, 2.45) is 0 Å². The van der Waals surface area contributed by atoms with Gasteiger partial charge in [-0.15, -0.1) is 11.3 Å². The standard InChI is InChI=1S/C25H18F3N3O3S/c26-25(27,28)18-9-11-19(12-10-18)29-22(32)16-34-23(33)13-8-17-15-31(20-5-2-1-3-6-20)30-24(17)21-7-4-14-35-21/h1-15H,16H2,(H,29,32). The van der Waals surface area contributed by atoms with E-state index in [4.69, 9.17) is 4.74 Å². The molecule has 10 heteroatoms. The lowest BCUT2D eigenvalue weighted by Gasteiger charge is -2.08. The Balaban J connectivity index is 1.39. The first kappa shape index (κ1) is 24.0. The van der Waals surface area contributed by atoms with Crippen LogP contribution in [0.5, 0.6) is 0 Å². The summed E-state index contributed by atoms with van der Waals surface area (Å²) in [5, 5.41) is 8.94. The Bertz CT molecular complexity index is 1330. The minimum absolute atomic E-state index is 0.156. The molecule has 6 nitrogen and oxygen atoms in total. The van der Waals surface area contributed by atoms with Crippen LogP contribution in [-0.2, 0) is 20.5 Å². The molecule has 0 spiro atoms. The fourth-order valence-corrected chi connectivity index (χ4v) is 3.84. The molecule has 0 aliphatic carbocycles. The normalized spacial score (nSPS) is 11.5. The van der Waals surface area contributed by atoms with Gasteiger partial charge in [0.05, 0.1) is 16.1 Å². The Morgan fingerprint density at radius 1 is 1.03 bits per heavy atom. The highest BCUT2D eigenvalue weighted by Gasteiger charge is 2.30. The van der Waals surface area contributed by atoms with Crippen LogP contribution in [0.15, 0.2) is 84.4 Å². The summed E-state index contributed by atoms with van der Waals surface area (Å²) < 4.78 is 44.5. The highest BCUT2D eigenvalue weighted by atomic mass is 32.1. The van der Waals surface area contributed by atoms with E-state index in [-0.39, 0.29) is 5.69 Å². The number of esters is 1. The van der Waals surface area contributed by atoms with Gasteiger partial charge >= 0.3 is 12.1 Å². The molecule has 2 aromatic carbocycles. The molecular weight excluding hydrogens is 479 g/mol. The molecule has 1 N–H and O–H groups in total. The first-order valence-electron chi connectivity index (χ1n) is 10.3. The van der Waals surface area contributed by atoms with Crippen LogP contribution >= 0.6 is 11.3 Å². The van der Waals surface area contributed by atoms with Crippen molar-refractivity contribution in [3.8, 4) is 16.3 Å². The summed E-state index contributed by atoms with van der Waals surface area (Å²) >= 11 is 1.51. The summed E-state index contributed by atoms with van der Waals surface area (Å²) in [7, 11) is 0. The maximum atomic E-state index is 12.6. The van der Waals surface area contributed by atoms with Crippen molar-refractivity contribution in [2.75, 3.05) is 11.9 Å². The summed E-state index contributed by atoms with van der Waals surface area (Å²) in [6.07, 6.45) is 0.0588. The smallest absolute Gasteiger partial charge is 0.416 e. The monoisotopic (exact) mass is 497 g/mol. The molecular formula is C25H18F3N3O3S. The van der Waals surface area contributed by atoms with E-state index < -0.39 is 30.2 Å². The minimum Gasteiger partial charge on any atom is -0.452 e. The van der Waals surface area contributed by atoms with Crippen molar-refractivity contribution < 1.29 is 27.5 Å². The zero-order valence-electron chi connectivity index (χ0n) is 18.0. The third kappa shape index (κ3) is 6.24. The van der Waals surface area contributed by atoms with Crippen molar-refractivity contribution in [2.45, 2.75) is 6.18 Å². The number of para-hydroxylation sites is 1. The van der Waals surface area contributed by atoms with Crippen molar-refractivity contribution in [3.05, 3.63) is 95.5 Å². The van der Waals surface area contributed by atoms with E-state index in [2.05, 4.69) is 10.4 Å². The zero-order valence-corrected chi connectivity index (χ0v) is 18.8. The molecule has 0 aliphatic heterocycles. The number of hydrogen-bond acceptors (Lipinski definition) is 5. The van der Waals surface area contributed by atoms with Gasteiger partial charge in [0.2, 0.25) is 0 Å². The van der Waals surface area contributed by atoms with Gasteiger partial charge in [0.15, 0.2) is 6.61 Å². The number of nitrogens with zero attached hydrogens (tertiary/aromatic N) is 2. The molecule has 178 valence electrons. The van der Waals surface area contributed by atoms with Crippen LogP contribution < -0.4 is 5.32 Å². The number of carbonyl (C=O) groups excluding carboxylic acids is 2. The van der Waals surface area contributed by atoms with E-state index in [1.807, 2.05) is 47.8 Å². The Kier molecular flexibility index (Phi) is 7.11. The molecule has 0 unspecified atom stereocenters. The molecule has 0 atom stereocenters. The molecule has 0 radical (unpaired) electrons. The number of nitrogens with one attached hydrogen (secondary N) is 1. The van der Waals surface area contributed by atoms with Crippen molar-refractivity contribution in [3.63, 3.8) is 0 Å². The van der Waals surface area contributed by atoms with Gasteiger partial charge in [0.25, 0.3) is 5.91 Å². The van der Waals surface area contributed by atoms with Gasteiger partial charge in [-0.3, -0.25) is 4.79 Å². The first-order valence-corrected chi connectivity index (χ1v) is 11.2. The number of ether oxygens (including phenoxy) is 1. The number of anilines is 1. The number of hydrogen-bond donors (Lipinski definition) is 1. The number of aromatic nitrogens is 2. The van der Waals surface area contributed by atoms with E-state index in [9.17, 15) is 22.8 Å². The molecule has 2 heterocycles.